The summed E-state index contributed by atoms with van der Waals surface area (Å²) in [5.41, 5.74) is 2.91. The van der Waals surface area contributed by atoms with Crippen molar-refractivity contribution in [2.45, 2.75) is 0 Å². The first-order chi connectivity index (χ1) is 11.4. The Balaban J connectivity index is 2.01. The molecule has 9 heteroatoms. The summed E-state index contributed by atoms with van der Waals surface area (Å²) in [7, 11) is 4.59. The van der Waals surface area contributed by atoms with Gasteiger partial charge in [-0.1, -0.05) is 12.1 Å². The Kier molecular flexibility index (Phi) is 3.76. The van der Waals surface area contributed by atoms with Crippen molar-refractivity contribution >= 4 is 23.3 Å². The molecule has 0 unspecified atom stereocenters. The van der Waals surface area contributed by atoms with Crippen molar-refractivity contribution in [3.63, 3.8) is 0 Å². The zero-order chi connectivity index (χ0) is 17.4. The van der Waals surface area contributed by atoms with E-state index in [1.807, 2.05) is 0 Å². The lowest BCUT2D eigenvalue weighted by molar-refractivity contribution is 0.627. The molecule has 1 aromatic carbocycles. The van der Waals surface area contributed by atoms with E-state index in [0.717, 1.165) is 4.57 Å². The lowest BCUT2D eigenvalue weighted by atomic mass is 10.2. The Labute approximate surface area is 135 Å². The van der Waals surface area contributed by atoms with E-state index in [-0.39, 0.29) is 22.9 Å². The third-order valence-corrected chi connectivity index (χ3v) is 3.70. The SMILES string of the molecule is Cn1c(=O)c2c(nc(N/N=C\c3cccc(F)c3)n2C)n(C)c1=O. The summed E-state index contributed by atoms with van der Waals surface area (Å²) in [5, 5.41) is 3.99. The summed E-state index contributed by atoms with van der Waals surface area (Å²) >= 11 is 0. The molecule has 0 atom stereocenters. The Hall–Kier alpha value is -3.23. The maximum atomic E-state index is 13.1. The molecule has 3 rings (SSSR count). The van der Waals surface area contributed by atoms with Crippen molar-refractivity contribution in [1.82, 2.24) is 18.7 Å². The normalized spacial score (nSPS) is 11.5. The summed E-state index contributed by atoms with van der Waals surface area (Å²) in [6.07, 6.45) is 1.43. The van der Waals surface area contributed by atoms with E-state index in [1.165, 1.54) is 41.6 Å². The molecule has 0 aliphatic heterocycles. The van der Waals surface area contributed by atoms with Gasteiger partial charge in [0, 0.05) is 21.1 Å². The van der Waals surface area contributed by atoms with E-state index < -0.39 is 11.2 Å². The van der Waals surface area contributed by atoms with Crippen LogP contribution in [0.15, 0.2) is 39.0 Å². The summed E-state index contributed by atoms with van der Waals surface area (Å²) in [6, 6.07) is 5.94. The molecule has 2 aromatic heterocycles. The molecule has 0 spiro atoms. The first-order valence-corrected chi connectivity index (χ1v) is 7.07. The Morgan fingerprint density at radius 3 is 2.62 bits per heavy atom. The average molecular weight is 330 g/mol. The first kappa shape index (κ1) is 15.7. The largest absolute Gasteiger partial charge is 0.332 e. The molecule has 0 saturated carbocycles. The molecule has 0 saturated heterocycles. The number of halogens is 1. The van der Waals surface area contributed by atoms with Gasteiger partial charge in [-0.25, -0.2) is 14.6 Å². The number of anilines is 1. The van der Waals surface area contributed by atoms with Gasteiger partial charge in [0.1, 0.15) is 5.82 Å². The highest BCUT2D eigenvalue weighted by atomic mass is 19.1. The number of nitrogens with zero attached hydrogens (tertiary/aromatic N) is 5. The highest BCUT2D eigenvalue weighted by molar-refractivity contribution is 5.80. The number of aryl methyl sites for hydroxylation is 2. The van der Waals surface area contributed by atoms with Crippen LogP contribution in [0.2, 0.25) is 0 Å². The molecule has 0 aliphatic rings. The quantitative estimate of drug-likeness (QED) is 0.561. The second-order valence-corrected chi connectivity index (χ2v) is 5.30. The number of imidazole rings is 1. The fourth-order valence-corrected chi connectivity index (χ4v) is 2.37. The number of rotatable bonds is 3. The minimum Gasteiger partial charge on any atom is -0.306 e. The molecule has 0 bridgehead atoms. The summed E-state index contributed by atoms with van der Waals surface area (Å²) in [4.78, 5) is 28.4. The molecule has 8 nitrogen and oxygen atoms in total. The minimum absolute atomic E-state index is 0.258. The van der Waals surface area contributed by atoms with Crippen LogP contribution in [0.4, 0.5) is 10.3 Å². The number of hydrogen-bond acceptors (Lipinski definition) is 5. The summed E-state index contributed by atoms with van der Waals surface area (Å²) in [6.45, 7) is 0. The fraction of sp³-hybridized carbons (Fsp3) is 0.200. The maximum absolute atomic E-state index is 13.1. The van der Waals surface area contributed by atoms with Crippen LogP contribution in [0, 0.1) is 5.82 Å². The van der Waals surface area contributed by atoms with Gasteiger partial charge in [0.05, 0.1) is 6.21 Å². The third kappa shape index (κ3) is 2.49. The molecule has 1 N–H and O–H groups in total. The molecule has 124 valence electrons. The molecular formula is C15H15FN6O2. The Morgan fingerprint density at radius 1 is 1.17 bits per heavy atom. The van der Waals surface area contributed by atoms with Gasteiger partial charge in [-0.2, -0.15) is 10.1 Å². The maximum Gasteiger partial charge on any atom is 0.332 e. The van der Waals surface area contributed by atoms with E-state index in [2.05, 4.69) is 15.5 Å². The van der Waals surface area contributed by atoms with Crippen LogP contribution < -0.4 is 16.7 Å². The van der Waals surface area contributed by atoms with Gasteiger partial charge < -0.3 is 4.57 Å². The number of aromatic nitrogens is 4. The fourth-order valence-electron chi connectivity index (χ4n) is 2.37. The Morgan fingerprint density at radius 2 is 1.92 bits per heavy atom. The molecule has 0 aliphatic carbocycles. The third-order valence-electron chi connectivity index (χ3n) is 3.70. The van der Waals surface area contributed by atoms with E-state index in [0.29, 0.717) is 5.56 Å². The van der Waals surface area contributed by atoms with Crippen LogP contribution in [0.5, 0.6) is 0 Å². The van der Waals surface area contributed by atoms with Crippen molar-refractivity contribution in [2.24, 2.45) is 26.2 Å². The van der Waals surface area contributed by atoms with Gasteiger partial charge in [0.15, 0.2) is 11.2 Å². The molecule has 0 fully saturated rings. The molecular weight excluding hydrogens is 315 g/mol. The summed E-state index contributed by atoms with van der Waals surface area (Å²) < 4.78 is 16.9. The smallest absolute Gasteiger partial charge is 0.306 e. The standard InChI is InChI=1S/C15H15FN6O2/c1-20-11-12(21(2)15(24)22(3)13(11)23)18-14(20)19-17-8-9-5-4-6-10(16)7-9/h4-8H,1-3H3,(H,18,19)/b17-8-. The predicted molar refractivity (Wildman–Crippen MR) is 88.8 cm³/mol. The number of hydrazone groups is 1. The number of fused-ring (bicyclic) bond motifs is 1. The zero-order valence-corrected chi connectivity index (χ0v) is 13.3. The van der Waals surface area contributed by atoms with Crippen molar-refractivity contribution in [3.05, 3.63) is 56.5 Å². The second kappa shape index (κ2) is 5.76. The van der Waals surface area contributed by atoms with Crippen LogP contribution in [-0.2, 0) is 21.1 Å². The highest BCUT2D eigenvalue weighted by Gasteiger charge is 2.16. The van der Waals surface area contributed by atoms with Crippen LogP contribution >= 0.6 is 0 Å². The van der Waals surface area contributed by atoms with Crippen LogP contribution in [0.3, 0.4) is 0 Å². The van der Waals surface area contributed by atoms with Crippen LogP contribution in [0.25, 0.3) is 11.2 Å². The van der Waals surface area contributed by atoms with E-state index in [1.54, 1.807) is 19.2 Å². The van der Waals surface area contributed by atoms with Gasteiger partial charge in [0.25, 0.3) is 5.56 Å². The van der Waals surface area contributed by atoms with Gasteiger partial charge in [-0.3, -0.25) is 13.9 Å². The van der Waals surface area contributed by atoms with Gasteiger partial charge in [0.2, 0.25) is 5.95 Å². The molecule has 3 aromatic rings. The Bertz CT molecular complexity index is 1080. The highest BCUT2D eigenvalue weighted by Crippen LogP contribution is 2.13. The van der Waals surface area contributed by atoms with Crippen LogP contribution in [-0.4, -0.2) is 24.9 Å². The second-order valence-electron chi connectivity index (χ2n) is 5.30. The van der Waals surface area contributed by atoms with Crippen molar-refractivity contribution < 1.29 is 4.39 Å². The zero-order valence-electron chi connectivity index (χ0n) is 13.3. The lowest BCUT2D eigenvalue weighted by Crippen LogP contribution is -2.37. The van der Waals surface area contributed by atoms with E-state index in [4.69, 9.17) is 0 Å². The monoisotopic (exact) mass is 330 g/mol. The minimum atomic E-state index is -0.458. The number of hydrogen-bond donors (Lipinski definition) is 1. The molecule has 0 radical (unpaired) electrons. The van der Waals surface area contributed by atoms with Crippen LogP contribution in [0.1, 0.15) is 5.56 Å². The van der Waals surface area contributed by atoms with E-state index >= 15 is 0 Å². The van der Waals surface area contributed by atoms with E-state index in [9.17, 15) is 14.0 Å². The topological polar surface area (TPSA) is 86.2 Å². The predicted octanol–water partition coefficient (Wildman–Crippen LogP) is 0.556. The van der Waals surface area contributed by atoms with Crippen molar-refractivity contribution in [3.8, 4) is 0 Å². The molecule has 2 heterocycles. The average Bonchev–Trinajstić information content (AvgIpc) is 2.88. The summed E-state index contributed by atoms with van der Waals surface area (Å²) in [5.74, 6) is -0.0730. The van der Waals surface area contributed by atoms with Gasteiger partial charge in [-0.15, -0.1) is 0 Å². The van der Waals surface area contributed by atoms with Gasteiger partial charge in [-0.05, 0) is 17.7 Å². The molecule has 24 heavy (non-hydrogen) atoms. The number of nitrogens with one attached hydrogen (secondary N) is 1. The number of benzene rings is 1. The van der Waals surface area contributed by atoms with Crippen molar-refractivity contribution in [1.29, 1.82) is 0 Å². The lowest BCUT2D eigenvalue weighted by Gasteiger charge is -2.03. The first-order valence-electron chi connectivity index (χ1n) is 7.07. The van der Waals surface area contributed by atoms with Crippen molar-refractivity contribution in [2.75, 3.05) is 5.43 Å². The van der Waals surface area contributed by atoms with Gasteiger partial charge >= 0.3 is 5.69 Å². The molecule has 0 amide bonds.